The number of fused-ring (bicyclic) bond motifs is 1. The third-order valence-electron chi connectivity index (χ3n) is 4.81. The van der Waals surface area contributed by atoms with E-state index in [1.807, 2.05) is 36.4 Å². The number of Topliss-reactive ketones (excluding diaryl/α,β-unsaturated/α-hetero) is 1. The molecule has 0 bridgehead atoms. The second-order valence-electron chi connectivity index (χ2n) is 6.83. The van der Waals surface area contributed by atoms with Gasteiger partial charge < -0.3 is 18.9 Å². The molecule has 0 aromatic heterocycles. The Kier molecular flexibility index (Phi) is 5.71. The number of benzene rings is 3. The Bertz CT molecular complexity index is 1160. The van der Waals surface area contributed by atoms with Crippen LogP contribution in [0.4, 0.5) is 0 Å². The van der Waals surface area contributed by atoms with Crippen LogP contribution in [0.5, 0.6) is 17.2 Å². The first kappa shape index (κ1) is 20.2. The fourth-order valence-electron chi connectivity index (χ4n) is 3.21. The number of rotatable bonds is 6. The molecular formula is C25H20O6. The van der Waals surface area contributed by atoms with Gasteiger partial charge in [0.2, 0.25) is 5.78 Å². The number of methoxy groups -OCH3 is 2. The maximum Gasteiger partial charge on any atom is 0.337 e. The summed E-state index contributed by atoms with van der Waals surface area (Å²) in [5, 5.41) is 0. The van der Waals surface area contributed by atoms with Crippen molar-refractivity contribution in [1.82, 2.24) is 0 Å². The van der Waals surface area contributed by atoms with Crippen molar-refractivity contribution < 1.29 is 28.5 Å². The summed E-state index contributed by atoms with van der Waals surface area (Å²) in [4.78, 5) is 24.5. The van der Waals surface area contributed by atoms with Gasteiger partial charge in [-0.2, -0.15) is 0 Å². The van der Waals surface area contributed by atoms with Gasteiger partial charge in [0.1, 0.15) is 12.4 Å². The SMILES string of the molecule is COC(=O)c1ccc2c(c1)C(=O)/C(=C/c1ccc(OCc3ccccc3)c(OC)c1)O2. The van der Waals surface area contributed by atoms with E-state index < -0.39 is 5.97 Å². The van der Waals surface area contributed by atoms with Crippen LogP contribution in [0.1, 0.15) is 31.8 Å². The number of ketones is 1. The van der Waals surface area contributed by atoms with Crippen LogP contribution >= 0.6 is 0 Å². The number of esters is 1. The number of hydrogen-bond acceptors (Lipinski definition) is 6. The Balaban J connectivity index is 1.54. The van der Waals surface area contributed by atoms with E-state index in [0.29, 0.717) is 40.5 Å². The summed E-state index contributed by atoms with van der Waals surface area (Å²) < 4.78 is 21.7. The van der Waals surface area contributed by atoms with Gasteiger partial charge in [0.15, 0.2) is 17.3 Å². The molecule has 1 heterocycles. The van der Waals surface area contributed by atoms with Gasteiger partial charge in [-0.15, -0.1) is 0 Å². The molecule has 0 saturated heterocycles. The van der Waals surface area contributed by atoms with E-state index in [1.165, 1.54) is 13.2 Å². The average molecular weight is 416 g/mol. The topological polar surface area (TPSA) is 71.1 Å². The van der Waals surface area contributed by atoms with Gasteiger partial charge >= 0.3 is 5.97 Å². The van der Waals surface area contributed by atoms with Crippen LogP contribution < -0.4 is 14.2 Å². The summed E-state index contributed by atoms with van der Waals surface area (Å²) in [6.45, 7) is 0.414. The second kappa shape index (κ2) is 8.75. The highest BCUT2D eigenvalue weighted by Crippen LogP contribution is 2.34. The standard InChI is InChI=1S/C25H20O6/c1-28-22-12-17(8-10-21(22)30-15-16-6-4-3-5-7-16)13-23-24(26)19-14-18(25(27)29-2)9-11-20(19)31-23/h3-14H,15H2,1-2H3/b23-13-. The third kappa shape index (κ3) is 4.28. The fourth-order valence-corrected chi connectivity index (χ4v) is 3.21. The van der Waals surface area contributed by atoms with Crippen molar-refractivity contribution >= 4 is 17.8 Å². The molecule has 0 spiro atoms. The third-order valence-corrected chi connectivity index (χ3v) is 4.81. The predicted octanol–water partition coefficient (Wildman–Crippen LogP) is 4.68. The van der Waals surface area contributed by atoms with Crippen molar-refractivity contribution in [2.24, 2.45) is 0 Å². The summed E-state index contributed by atoms with van der Waals surface area (Å²) in [6, 6.07) is 19.8. The molecule has 3 aromatic carbocycles. The zero-order valence-corrected chi connectivity index (χ0v) is 17.1. The lowest BCUT2D eigenvalue weighted by Crippen LogP contribution is -2.03. The average Bonchev–Trinajstić information content (AvgIpc) is 3.12. The van der Waals surface area contributed by atoms with Crippen molar-refractivity contribution in [1.29, 1.82) is 0 Å². The summed E-state index contributed by atoms with van der Waals surface area (Å²) in [5.74, 6) is 0.892. The van der Waals surface area contributed by atoms with Gasteiger partial charge in [0.05, 0.1) is 25.3 Å². The highest BCUT2D eigenvalue weighted by atomic mass is 16.5. The molecule has 4 rings (SSSR count). The zero-order chi connectivity index (χ0) is 21.8. The highest BCUT2D eigenvalue weighted by Gasteiger charge is 2.28. The monoisotopic (exact) mass is 416 g/mol. The minimum Gasteiger partial charge on any atom is -0.493 e. The summed E-state index contributed by atoms with van der Waals surface area (Å²) >= 11 is 0. The number of allylic oxidation sites excluding steroid dienone is 1. The molecule has 31 heavy (non-hydrogen) atoms. The quantitative estimate of drug-likeness (QED) is 0.429. The maximum absolute atomic E-state index is 12.7. The number of carbonyl (C=O) groups is 2. The largest absolute Gasteiger partial charge is 0.493 e. The van der Waals surface area contributed by atoms with Crippen molar-refractivity contribution in [3.05, 3.63) is 94.7 Å². The molecule has 1 aliphatic rings. The first-order valence-corrected chi connectivity index (χ1v) is 9.60. The van der Waals surface area contributed by atoms with E-state index >= 15 is 0 Å². The van der Waals surface area contributed by atoms with Crippen molar-refractivity contribution in [2.75, 3.05) is 14.2 Å². The van der Waals surface area contributed by atoms with Gasteiger partial charge in [0, 0.05) is 0 Å². The van der Waals surface area contributed by atoms with Crippen LogP contribution in [0.25, 0.3) is 6.08 Å². The van der Waals surface area contributed by atoms with E-state index in [-0.39, 0.29) is 11.5 Å². The molecule has 3 aromatic rings. The molecule has 0 radical (unpaired) electrons. The normalized spacial score (nSPS) is 13.5. The van der Waals surface area contributed by atoms with E-state index in [4.69, 9.17) is 18.9 Å². The number of carbonyl (C=O) groups excluding carboxylic acids is 2. The van der Waals surface area contributed by atoms with Crippen molar-refractivity contribution in [2.45, 2.75) is 6.61 Å². The highest BCUT2D eigenvalue weighted by molar-refractivity contribution is 6.15. The molecule has 0 atom stereocenters. The van der Waals surface area contributed by atoms with Gasteiger partial charge in [-0.1, -0.05) is 36.4 Å². The fraction of sp³-hybridized carbons (Fsp3) is 0.120. The van der Waals surface area contributed by atoms with E-state index in [9.17, 15) is 9.59 Å². The number of hydrogen-bond donors (Lipinski definition) is 0. The smallest absolute Gasteiger partial charge is 0.337 e. The molecule has 0 saturated carbocycles. The second-order valence-corrected chi connectivity index (χ2v) is 6.83. The summed E-state index contributed by atoms with van der Waals surface area (Å²) in [6.07, 6.45) is 1.63. The van der Waals surface area contributed by atoms with Crippen LogP contribution in [0.2, 0.25) is 0 Å². The molecule has 6 nitrogen and oxygen atoms in total. The molecule has 0 aliphatic carbocycles. The van der Waals surface area contributed by atoms with Crippen LogP contribution in [0, 0.1) is 0 Å². The minimum absolute atomic E-state index is 0.164. The van der Waals surface area contributed by atoms with Crippen LogP contribution in [0.3, 0.4) is 0 Å². The Morgan fingerprint density at radius 2 is 1.77 bits per heavy atom. The summed E-state index contributed by atoms with van der Waals surface area (Å²) in [5.41, 5.74) is 2.38. The van der Waals surface area contributed by atoms with Gasteiger partial charge in [-0.3, -0.25) is 4.79 Å². The first-order valence-electron chi connectivity index (χ1n) is 9.60. The minimum atomic E-state index is -0.510. The zero-order valence-electron chi connectivity index (χ0n) is 17.1. The summed E-state index contributed by atoms with van der Waals surface area (Å²) in [7, 11) is 2.85. The molecule has 0 fully saturated rings. The molecule has 0 amide bonds. The van der Waals surface area contributed by atoms with Crippen molar-refractivity contribution in [3.8, 4) is 17.2 Å². The molecular weight excluding hydrogens is 396 g/mol. The molecule has 6 heteroatoms. The lowest BCUT2D eigenvalue weighted by atomic mass is 10.1. The molecule has 156 valence electrons. The van der Waals surface area contributed by atoms with E-state index in [2.05, 4.69) is 0 Å². The van der Waals surface area contributed by atoms with E-state index in [1.54, 1.807) is 37.5 Å². The predicted molar refractivity (Wildman–Crippen MR) is 114 cm³/mol. The first-order chi connectivity index (χ1) is 15.1. The number of ether oxygens (including phenoxy) is 4. The van der Waals surface area contributed by atoms with Crippen LogP contribution in [-0.2, 0) is 11.3 Å². The Hall–Kier alpha value is -4.06. The lowest BCUT2D eigenvalue weighted by Gasteiger charge is -2.11. The molecule has 1 aliphatic heterocycles. The lowest BCUT2D eigenvalue weighted by molar-refractivity contribution is 0.0600. The van der Waals surface area contributed by atoms with Crippen LogP contribution in [0.15, 0.2) is 72.5 Å². The Morgan fingerprint density at radius 1 is 0.968 bits per heavy atom. The molecule has 0 N–H and O–H groups in total. The van der Waals surface area contributed by atoms with Gasteiger partial charge in [-0.25, -0.2) is 4.79 Å². The van der Waals surface area contributed by atoms with Gasteiger partial charge in [0.25, 0.3) is 0 Å². The van der Waals surface area contributed by atoms with Gasteiger partial charge in [-0.05, 0) is 47.5 Å². The Labute approximate surface area is 179 Å². The maximum atomic E-state index is 12.7. The van der Waals surface area contributed by atoms with Crippen LogP contribution in [-0.4, -0.2) is 26.0 Å². The Morgan fingerprint density at radius 3 is 2.52 bits per heavy atom. The van der Waals surface area contributed by atoms with E-state index in [0.717, 1.165) is 5.56 Å². The van der Waals surface area contributed by atoms with Crippen molar-refractivity contribution in [3.63, 3.8) is 0 Å². The molecule has 0 unspecified atom stereocenters.